The number of rotatable bonds is 2. The third-order valence-electron chi connectivity index (χ3n) is 4.31. The Morgan fingerprint density at radius 3 is 2.76 bits per heavy atom. The van der Waals surface area contributed by atoms with Gasteiger partial charge in [-0.1, -0.05) is 18.2 Å². The number of alkyl halides is 3. The molecule has 3 aromatic rings. The molecule has 3 heterocycles. The molecule has 0 amide bonds. The molecule has 0 saturated carbocycles. The molecular weight excluding hydrogens is 335 g/mol. The van der Waals surface area contributed by atoms with E-state index in [0.29, 0.717) is 18.7 Å². The zero-order valence-electron chi connectivity index (χ0n) is 13.0. The predicted molar refractivity (Wildman–Crippen MR) is 83.7 cm³/mol. The molecule has 0 saturated heterocycles. The van der Waals surface area contributed by atoms with E-state index < -0.39 is 12.0 Å². The van der Waals surface area contributed by atoms with Crippen LogP contribution in [0.2, 0.25) is 0 Å². The van der Waals surface area contributed by atoms with Gasteiger partial charge in [-0.25, -0.2) is 0 Å². The molecule has 130 valence electrons. The van der Waals surface area contributed by atoms with Gasteiger partial charge in [-0.15, -0.1) is 10.2 Å². The molecule has 0 aliphatic carbocycles. The summed E-state index contributed by atoms with van der Waals surface area (Å²) in [5.41, 5.74) is 1.13. The van der Waals surface area contributed by atoms with Crippen LogP contribution in [0.3, 0.4) is 0 Å². The summed E-state index contributed by atoms with van der Waals surface area (Å²) in [6, 6.07) is 9.26. The van der Waals surface area contributed by atoms with Crippen molar-refractivity contribution < 1.29 is 13.2 Å². The molecular formula is C16H14F3N5O. The molecule has 1 N–H and O–H groups in total. The van der Waals surface area contributed by atoms with Crippen LogP contribution >= 0.6 is 0 Å². The minimum atomic E-state index is -4.51. The number of nitrogens with one attached hydrogen (secondary N) is 1. The maximum absolute atomic E-state index is 12.9. The monoisotopic (exact) mass is 349 g/mol. The Morgan fingerprint density at radius 2 is 1.96 bits per heavy atom. The van der Waals surface area contributed by atoms with Crippen LogP contribution in [0.15, 0.2) is 35.1 Å². The van der Waals surface area contributed by atoms with Crippen LogP contribution in [0, 0.1) is 0 Å². The van der Waals surface area contributed by atoms with Crippen molar-refractivity contribution in [2.75, 3.05) is 6.54 Å². The van der Waals surface area contributed by atoms with Gasteiger partial charge in [0.15, 0.2) is 0 Å². The first-order valence-electron chi connectivity index (χ1n) is 7.74. The lowest BCUT2D eigenvalue weighted by atomic mass is 10.1. The van der Waals surface area contributed by atoms with Crippen molar-refractivity contribution in [3.8, 4) is 0 Å². The Morgan fingerprint density at radius 1 is 1.16 bits per heavy atom. The van der Waals surface area contributed by atoms with Crippen molar-refractivity contribution in [1.29, 1.82) is 0 Å². The molecule has 1 aromatic carbocycles. The summed E-state index contributed by atoms with van der Waals surface area (Å²) in [6.07, 6.45) is -4.51. The number of para-hydroxylation sites is 1. The number of hydrogen-bond acceptors (Lipinski definition) is 4. The normalized spacial score (nSPS) is 15.5. The molecule has 0 bridgehead atoms. The fourth-order valence-electron chi connectivity index (χ4n) is 3.10. The molecule has 0 fully saturated rings. The van der Waals surface area contributed by atoms with E-state index in [-0.39, 0.29) is 24.5 Å². The third kappa shape index (κ3) is 2.91. The lowest BCUT2D eigenvalue weighted by Gasteiger charge is -2.27. The molecule has 1 aliphatic rings. The number of fused-ring (bicyclic) bond motifs is 2. The summed E-state index contributed by atoms with van der Waals surface area (Å²) in [7, 11) is 0. The zero-order chi connectivity index (χ0) is 17.6. The van der Waals surface area contributed by atoms with Gasteiger partial charge in [-0.05, 0) is 17.5 Å². The number of aromatic amines is 1. The van der Waals surface area contributed by atoms with Crippen LogP contribution < -0.4 is 5.56 Å². The molecule has 9 heteroatoms. The quantitative estimate of drug-likeness (QED) is 0.770. The number of hydrogen-bond donors (Lipinski definition) is 1. The predicted octanol–water partition coefficient (Wildman–Crippen LogP) is 2.15. The van der Waals surface area contributed by atoms with Crippen molar-refractivity contribution in [1.82, 2.24) is 24.6 Å². The van der Waals surface area contributed by atoms with E-state index in [1.54, 1.807) is 0 Å². The number of H-pyrrole nitrogens is 1. The van der Waals surface area contributed by atoms with Gasteiger partial charge in [0.2, 0.25) is 5.82 Å². The highest BCUT2D eigenvalue weighted by Crippen LogP contribution is 2.29. The molecule has 0 radical (unpaired) electrons. The van der Waals surface area contributed by atoms with Crippen LogP contribution in [0.5, 0.6) is 0 Å². The van der Waals surface area contributed by atoms with Gasteiger partial charge in [0.05, 0.1) is 6.54 Å². The SMILES string of the molecule is O=c1[nH]c2ccccc2cc1CN1CCn2c(nnc2C(F)(F)F)C1. The van der Waals surface area contributed by atoms with Gasteiger partial charge in [-0.3, -0.25) is 9.69 Å². The lowest BCUT2D eigenvalue weighted by molar-refractivity contribution is -0.148. The maximum atomic E-state index is 12.9. The zero-order valence-corrected chi connectivity index (χ0v) is 13.0. The van der Waals surface area contributed by atoms with Gasteiger partial charge < -0.3 is 9.55 Å². The Bertz CT molecular complexity index is 991. The van der Waals surface area contributed by atoms with Gasteiger partial charge in [0.25, 0.3) is 5.56 Å². The molecule has 2 aromatic heterocycles. The maximum Gasteiger partial charge on any atom is 0.451 e. The van der Waals surface area contributed by atoms with Crippen LogP contribution in [0.25, 0.3) is 10.9 Å². The number of halogens is 3. The first-order valence-corrected chi connectivity index (χ1v) is 7.74. The van der Waals surface area contributed by atoms with Crippen molar-refractivity contribution in [3.63, 3.8) is 0 Å². The van der Waals surface area contributed by atoms with Crippen molar-refractivity contribution in [2.45, 2.75) is 25.8 Å². The highest BCUT2D eigenvalue weighted by atomic mass is 19.4. The summed E-state index contributed by atoms with van der Waals surface area (Å²) in [5.74, 6) is -0.707. The lowest BCUT2D eigenvalue weighted by Crippen LogP contribution is -2.36. The topological polar surface area (TPSA) is 66.8 Å². The molecule has 25 heavy (non-hydrogen) atoms. The average Bonchev–Trinajstić information content (AvgIpc) is 2.99. The van der Waals surface area contributed by atoms with E-state index in [4.69, 9.17) is 0 Å². The second-order valence-corrected chi connectivity index (χ2v) is 6.01. The molecule has 6 nitrogen and oxygen atoms in total. The number of aromatic nitrogens is 4. The van der Waals surface area contributed by atoms with E-state index in [1.807, 2.05) is 35.2 Å². The van der Waals surface area contributed by atoms with Crippen LogP contribution in [0.1, 0.15) is 17.2 Å². The second-order valence-electron chi connectivity index (χ2n) is 6.01. The fourth-order valence-corrected chi connectivity index (χ4v) is 3.10. The van der Waals surface area contributed by atoms with E-state index in [9.17, 15) is 18.0 Å². The van der Waals surface area contributed by atoms with Crippen LogP contribution in [-0.2, 0) is 25.8 Å². The third-order valence-corrected chi connectivity index (χ3v) is 4.31. The number of benzene rings is 1. The summed E-state index contributed by atoms with van der Waals surface area (Å²) >= 11 is 0. The highest BCUT2D eigenvalue weighted by Gasteiger charge is 2.39. The first-order chi connectivity index (χ1) is 11.9. The Kier molecular flexibility index (Phi) is 3.60. The molecule has 0 unspecified atom stereocenters. The van der Waals surface area contributed by atoms with Gasteiger partial charge in [0.1, 0.15) is 5.82 Å². The van der Waals surface area contributed by atoms with E-state index in [2.05, 4.69) is 15.2 Å². The molecule has 4 rings (SSSR count). The Hall–Kier alpha value is -2.68. The first kappa shape index (κ1) is 15.8. The number of pyridine rings is 1. The highest BCUT2D eigenvalue weighted by molar-refractivity contribution is 5.78. The van der Waals surface area contributed by atoms with Crippen LogP contribution in [0.4, 0.5) is 13.2 Å². The van der Waals surface area contributed by atoms with Crippen molar-refractivity contribution in [2.24, 2.45) is 0 Å². The van der Waals surface area contributed by atoms with E-state index in [0.717, 1.165) is 15.5 Å². The van der Waals surface area contributed by atoms with E-state index in [1.165, 1.54) is 0 Å². The average molecular weight is 349 g/mol. The second kappa shape index (κ2) is 5.69. The van der Waals surface area contributed by atoms with Crippen LogP contribution in [-0.4, -0.2) is 31.2 Å². The van der Waals surface area contributed by atoms with Crippen molar-refractivity contribution in [3.05, 3.63) is 57.9 Å². The minimum Gasteiger partial charge on any atom is -0.322 e. The standard InChI is InChI=1S/C16H14F3N5O/c17-16(18,19)15-22-21-13-9-23(5-6-24(13)15)8-11-7-10-3-1-2-4-12(10)20-14(11)25/h1-4,7H,5-6,8-9H2,(H,20,25). The van der Waals surface area contributed by atoms with Gasteiger partial charge in [-0.2, -0.15) is 13.2 Å². The number of nitrogens with zero attached hydrogens (tertiary/aromatic N) is 4. The molecule has 1 aliphatic heterocycles. The van der Waals surface area contributed by atoms with E-state index >= 15 is 0 Å². The summed E-state index contributed by atoms with van der Waals surface area (Å²) in [4.78, 5) is 16.9. The summed E-state index contributed by atoms with van der Waals surface area (Å²) < 4.78 is 39.7. The molecule has 0 atom stereocenters. The van der Waals surface area contributed by atoms with Gasteiger partial charge >= 0.3 is 6.18 Å². The Labute approximate surface area is 139 Å². The molecule has 0 spiro atoms. The smallest absolute Gasteiger partial charge is 0.322 e. The Balaban J connectivity index is 1.58. The minimum absolute atomic E-state index is 0.142. The largest absolute Gasteiger partial charge is 0.451 e. The summed E-state index contributed by atoms with van der Waals surface area (Å²) in [6.45, 7) is 1.09. The summed E-state index contributed by atoms with van der Waals surface area (Å²) in [5, 5.41) is 7.83. The fraction of sp³-hybridized carbons (Fsp3) is 0.312. The van der Waals surface area contributed by atoms with Crippen molar-refractivity contribution >= 4 is 10.9 Å². The van der Waals surface area contributed by atoms with Gasteiger partial charge in [0, 0.05) is 30.7 Å².